The number of ether oxygens (including phenoxy) is 1. The standard InChI is InChI=1S/C15H20BrNO3/c1-20-14(19)11-4-5-12(13(16)8-11)9-17-15(10-18)6-2-3-7-15/h4-5,8,17-18H,2-3,6-7,9-10H2,1H3. The van der Waals surface area contributed by atoms with Crippen LogP contribution < -0.4 is 5.32 Å². The maximum atomic E-state index is 11.4. The van der Waals surface area contributed by atoms with Crippen LogP contribution >= 0.6 is 15.9 Å². The van der Waals surface area contributed by atoms with Gasteiger partial charge < -0.3 is 15.2 Å². The molecule has 5 heteroatoms. The van der Waals surface area contributed by atoms with Crippen molar-refractivity contribution in [1.82, 2.24) is 5.32 Å². The molecule has 110 valence electrons. The van der Waals surface area contributed by atoms with Gasteiger partial charge in [0, 0.05) is 16.6 Å². The number of carbonyl (C=O) groups excluding carboxylic acids is 1. The van der Waals surface area contributed by atoms with Crippen molar-refractivity contribution in [2.45, 2.75) is 37.8 Å². The first-order chi connectivity index (χ1) is 9.60. The van der Waals surface area contributed by atoms with E-state index in [4.69, 9.17) is 4.74 Å². The van der Waals surface area contributed by atoms with Crippen molar-refractivity contribution in [3.8, 4) is 0 Å². The first kappa shape index (κ1) is 15.5. The number of esters is 1. The summed E-state index contributed by atoms with van der Waals surface area (Å²) < 4.78 is 5.57. The zero-order valence-corrected chi connectivity index (χ0v) is 13.2. The van der Waals surface area contributed by atoms with E-state index >= 15 is 0 Å². The van der Waals surface area contributed by atoms with Crippen molar-refractivity contribution >= 4 is 21.9 Å². The Kier molecular flexibility index (Phi) is 5.18. The second-order valence-electron chi connectivity index (χ2n) is 5.30. The van der Waals surface area contributed by atoms with Gasteiger partial charge in [-0.3, -0.25) is 0 Å². The number of aliphatic hydroxyl groups is 1. The lowest BCUT2D eigenvalue weighted by molar-refractivity contribution is 0.0600. The molecule has 1 aliphatic rings. The summed E-state index contributed by atoms with van der Waals surface area (Å²) in [4.78, 5) is 11.4. The number of aliphatic hydroxyl groups excluding tert-OH is 1. The lowest BCUT2D eigenvalue weighted by atomic mass is 9.98. The van der Waals surface area contributed by atoms with Crippen LogP contribution in [-0.4, -0.2) is 30.3 Å². The van der Waals surface area contributed by atoms with Crippen LogP contribution in [0.25, 0.3) is 0 Å². The van der Waals surface area contributed by atoms with Crippen molar-refractivity contribution in [2.24, 2.45) is 0 Å². The maximum absolute atomic E-state index is 11.4. The molecular formula is C15H20BrNO3. The van der Waals surface area contributed by atoms with Crippen molar-refractivity contribution in [2.75, 3.05) is 13.7 Å². The molecule has 0 atom stereocenters. The fourth-order valence-corrected chi connectivity index (χ4v) is 3.18. The van der Waals surface area contributed by atoms with Gasteiger partial charge in [0.1, 0.15) is 0 Å². The molecule has 0 saturated heterocycles. The summed E-state index contributed by atoms with van der Waals surface area (Å²) in [6.07, 6.45) is 4.36. The lowest BCUT2D eigenvalue weighted by Gasteiger charge is -2.28. The number of hydrogen-bond donors (Lipinski definition) is 2. The summed E-state index contributed by atoms with van der Waals surface area (Å²) in [5, 5.41) is 13.0. The molecule has 0 aliphatic heterocycles. The molecule has 0 amide bonds. The van der Waals surface area contributed by atoms with Crippen molar-refractivity contribution < 1.29 is 14.6 Å². The van der Waals surface area contributed by atoms with Gasteiger partial charge in [0.15, 0.2) is 0 Å². The van der Waals surface area contributed by atoms with E-state index in [1.807, 2.05) is 6.07 Å². The molecule has 20 heavy (non-hydrogen) atoms. The lowest BCUT2D eigenvalue weighted by Crippen LogP contribution is -2.45. The molecule has 0 bridgehead atoms. The van der Waals surface area contributed by atoms with Crippen LogP contribution in [0.5, 0.6) is 0 Å². The van der Waals surface area contributed by atoms with Crippen LogP contribution in [0.4, 0.5) is 0 Å². The normalized spacial score (nSPS) is 17.1. The first-order valence-corrected chi connectivity index (χ1v) is 7.62. The van der Waals surface area contributed by atoms with E-state index in [0.717, 1.165) is 35.7 Å². The van der Waals surface area contributed by atoms with Gasteiger partial charge in [0.2, 0.25) is 0 Å². The van der Waals surface area contributed by atoms with E-state index in [0.29, 0.717) is 12.1 Å². The predicted octanol–water partition coefficient (Wildman–Crippen LogP) is 2.63. The predicted molar refractivity (Wildman–Crippen MR) is 80.6 cm³/mol. The van der Waals surface area contributed by atoms with E-state index in [-0.39, 0.29) is 18.1 Å². The van der Waals surface area contributed by atoms with Crippen LogP contribution in [0.15, 0.2) is 22.7 Å². The fraction of sp³-hybridized carbons (Fsp3) is 0.533. The monoisotopic (exact) mass is 341 g/mol. The van der Waals surface area contributed by atoms with E-state index < -0.39 is 0 Å². The van der Waals surface area contributed by atoms with E-state index in [2.05, 4.69) is 21.2 Å². The highest BCUT2D eigenvalue weighted by molar-refractivity contribution is 9.10. The van der Waals surface area contributed by atoms with Gasteiger partial charge in [0.25, 0.3) is 0 Å². The minimum absolute atomic E-state index is 0.138. The van der Waals surface area contributed by atoms with Crippen LogP contribution in [-0.2, 0) is 11.3 Å². The first-order valence-electron chi connectivity index (χ1n) is 6.83. The third-order valence-electron chi connectivity index (χ3n) is 3.99. The Hall–Kier alpha value is -0.910. The van der Waals surface area contributed by atoms with Gasteiger partial charge in [-0.15, -0.1) is 0 Å². The minimum atomic E-state index is -0.340. The SMILES string of the molecule is COC(=O)c1ccc(CNC2(CO)CCCC2)c(Br)c1. The molecule has 1 saturated carbocycles. The minimum Gasteiger partial charge on any atom is -0.465 e. The molecule has 4 nitrogen and oxygen atoms in total. The Morgan fingerprint density at radius 2 is 2.15 bits per heavy atom. The fourth-order valence-electron chi connectivity index (χ4n) is 2.66. The second kappa shape index (κ2) is 6.70. The van der Waals surface area contributed by atoms with Crippen molar-refractivity contribution in [3.63, 3.8) is 0 Å². The summed E-state index contributed by atoms with van der Waals surface area (Å²) in [6, 6.07) is 5.43. The van der Waals surface area contributed by atoms with Gasteiger partial charge in [0.05, 0.1) is 19.3 Å². The number of rotatable bonds is 5. The highest BCUT2D eigenvalue weighted by Crippen LogP contribution is 2.30. The molecule has 0 heterocycles. The third-order valence-corrected chi connectivity index (χ3v) is 4.73. The molecule has 0 unspecified atom stereocenters. The third kappa shape index (κ3) is 3.40. The highest BCUT2D eigenvalue weighted by atomic mass is 79.9. The van der Waals surface area contributed by atoms with E-state index in [1.54, 1.807) is 12.1 Å². The van der Waals surface area contributed by atoms with Crippen LogP contribution in [0.3, 0.4) is 0 Å². The zero-order valence-electron chi connectivity index (χ0n) is 11.6. The van der Waals surface area contributed by atoms with Gasteiger partial charge in [-0.25, -0.2) is 4.79 Å². The number of methoxy groups -OCH3 is 1. The largest absolute Gasteiger partial charge is 0.465 e. The van der Waals surface area contributed by atoms with Crippen LogP contribution in [0.1, 0.15) is 41.6 Å². The molecule has 0 aromatic heterocycles. The summed E-state index contributed by atoms with van der Waals surface area (Å²) in [5.41, 5.74) is 1.46. The molecule has 2 N–H and O–H groups in total. The molecular weight excluding hydrogens is 322 g/mol. The molecule has 1 aliphatic carbocycles. The van der Waals surface area contributed by atoms with Crippen molar-refractivity contribution in [3.05, 3.63) is 33.8 Å². The van der Waals surface area contributed by atoms with Crippen LogP contribution in [0, 0.1) is 0 Å². The van der Waals surface area contributed by atoms with Gasteiger partial charge in [-0.2, -0.15) is 0 Å². The Morgan fingerprint density at radius 1 is 1.45 bits per heavy atom. The Bertz CT molecular complexity index is 484. The molecule has 0 radical (unpaired) electrons. The van der Waals surface area contributed by atoms with Crippen molar-refractivity contribution in [1.29, 1.82) is 0 Å². The van der Waals surface area contributed by atoms with E-state index in [9.17, 15) is 9.90 Å². The van der Waals surface area contributed by atoms with Gasteiger partial charge >= 0.3 is 5.97 Å². The molecule has 1 fully saturated rings. The molecule has 2 rings (SSSR count). The maximum Gasteiger partial charge on any atom is 0.337 e. The number of benzene rings is 1. The average molecular weight is 342 g/mol. The highest BCUT2D eigenvalue weighted by Gasteiger charge is 2.32. The molecule has 1 aromatic rings. The number of halogens is 1. The zero-order chi connectivity index (χ0) is 14.6. The molecule has 0 spiro atoms. The van der Waals surface area contributed by atoms with Gasteiger partial charge in [-0.05, 0) is 30.5 Å². The summed E-state index contributed by atoms with van der Waals surface area (Å²) in [5.74, 6) is -0.340. The molecule has 1 aromatic carbocycles. The van der Waals surface area contributed by atoms with E-state index in [1.165, 1.54) is 7.11 Å². The van der Waals surface area contributed by atoms with Crippen LogP contribution in [0.2, 0.25) is 0 Å². The Balaban J connectivity index is 2.04. The number of carbonyl (C=O) groups is 1. The second-order valence-corrected chi connectivity index (χ2v) is 6.15. The summed E-state index contributed by atoms with van der Waals surface area (Å²) >= 11 is 3.48. The Morgan fingerprint density at radius 3 is 2.70 bits per heavy atom. The number of hydrogen-bond acceptors (Lipinski definition) is 4. The average Bonchev–Trinajstić information content (AvgIpc) is 2.94. The topological polar surface area (TPSA) is 58.6 Å². The quantitative estimate of drug-likeness (QED) is 0.808. The summed E-state index contributed by atoms with van der Waals surface area (Å²) in [7, 11) is 1.37. The number of nitrogens with one attached hydrogen (secondary N) is 1. The smallest absolute Gasteiger partial charge is 0.337 e. The van der Waals surface area contributed by atoms with Gasteiger partial charge in [-0.1, -0.05) is 34.8 Å². The summed E-state index contributed by atoms with van der Waals surface area (Å²) in [6.45, 7) is 0.841. The Labute approximate surface area is 127 Å².